The van der Waals surface area contributed by atoms with Gasteiger partial charge in [-0.25, -0.2) is 15.0 Å². The van der Waals surface area contributed by atoms with Crippen LogP contribution in [-0.2, 0) is 5.41 Å². The van der Waals surface area contributed by atoms with Crippen LogP contribution in [0.15, 0.2) is 212 Å². The lowest BCUT2D eigenvalue weighted by molar-refractivity contribution is 0.794. The van der Waals surface area contributed by atoms with Gasteiger partial charge in [0, 0.05) is 16.7 Å². The average Bonchev–Trinajstić information content (AvgIpc) is 3.80. The van der Waals surface area contributed by atoms with Gasteiger partial charge in [0.15, 0.2) is 17.5 Å². The normalized spacial score (nSPS) is 13.0. The Morgan fingerprint density at radius 2 is 0.541 bits per heavy atom. The number of hydrogen-bond acceptors (Lipinski definition) is 3. The lowest BCUT2D eigenvalue weighted by Crippen LogP contribution is -2.25. The summed E-state index contributed by atoms with van der Waals surface area (Å²) in [5.41, 5.74) is 15.1. The molecule has 11 aromatic rings. The standard InChI is InChI=1S/C58H35N3/c1-3-13-38-31-40(23-21-36(38)11-1)41-24-25-43-34-45(28-26-42(43)32-41)56-59-55(44-27-22-37-12-2-4-14-39(37)33-44)60-57(61-56)46-29-30-50-49-17-7-10-20-53(49)58(54(50)35-46)51-18-8-5-15-47(51)48-16-6-9-19-52(48)58/h1-35H. The van der Waals surface area contributed by atoms with Crippen LogP contribution in [0.2, 0.25) is 0 Å². The summed E-state index contributed by atoms with van der Waals surface area (Å²) in [6, 6.07) is 77.0. The highest BCUT2D eigenvalue weighted by atomic mass is 15.0. The molecule has 13 rings (SSSR count). The summed E-state index contributed by atoms with van der Waals surface area (Å²) in [4.78, 5) is 15.8. The first kappa shape index (κ1) is 33.9. The number of benzene rings is 10. The Bertz CT molecular complexity index is 3560. The predicted octanol–water partition coefficient (Wildman–Crippen LogP) is 14.3. The van der Waals surface area contributed by atoms with E-state index in [9.17, 15) is 0 Å². The third-order valence-electron chi connectivity index (χ3n) is 13.1. The first-order valence-electron chi connectivity index (χ1n) is 20.9. The molecule has 0 amide bonds. The first-order valence-corrected chi connectivity index (χ1v) is 20.9. The second kappa shape index (κ2) is 13.0. The predicted molar refractivity (Wildman–Crippen MR) is 250 cm³/mol. The van der Waals surface area contributed by atoms with Gasteiger partial charge in [-0.3, -0.25) is 0 Å². The molecule has 0 saturated carbocycles. The van der Waals surface area contributed by atoms with Gasteiger partial charge in [0.05, 0.1) is 5.41 Å². The van der Waals surface area contributed by atoms with Crippen molar-refractivity contribution in [1.29, 1.82) is 0 Å². The topological polar surface area (TPSA) is 38.7 Å². The number of fused-ring (bicyclic) bond motifs is 13. The molecule has 0 unspecified atom stereocenters. The largest absolute Gasteiger partial charge is 0.208 e. The molecule has 3 heteroatoms. The van der Waals surface area contributed by atoms with Crippen LogP contribution in [0.25, 0.3) is 99.9 Å². The van der Waals surface area contributed by atoms with E-state index in [2.05, 4.69) is 212 Å². The van der Waals surface area contributed by atoms with Crippen LogP contribution in [0.4, 0.5) is 0 Å². The highest BCUT2D eigenvalue weighted by Gasteiger charge is 2.51. The number of aromatic nitrogens is 3. The van der Waals surface area contributed by atoms with Crippen LogP contribution in [0, 0.1) is 0 Å². The zero-order valence-electron chi connectivity index (χ0n) is 33.0. The van der Waals surface area contributed by atoms with E-state index in [0.29, 0.717) is 17.5 Å². The maximum Gasteiger partial charge on any atom is 0.164 e. The molecule has 0 bridgehead atoms. The van der Waals surface area contributed by atoms with E-state index in [4.69, 9.17) is 15.0 Å². The lowest BCUT2D eigenvalue weighted by Gasteiger charge is -2.30. The SMILES string of the molecule is c1ccc2c(c1)-c1ccccc1C21c2ccccc2-c2ccc(-c3nc(-c4ccc5ccccc5c4)nc(-c4ccc5cc(-c6ccc7ccccc7c6)ccc5c4)n3)cc21. The van der Waals surface area contributed by atoms with E-state index in [-0.39, 0.29) is 0 Å². The molecule has 3 nitrogen and oxygen atoms in total. The van der Waals surface area contributed by atoms with Gasteiger partial charge in [-0.05, 0) is 118 Å². The van der Waals surface area contributed by atoms with E-state index in [1.807, 2.05) is 0 Å². The van der Waals surface area contributed by atoms with Crippen LogP contribution in [0.5, 0.6) is 0 Å². The van der Waals surface area contributed by atoms with Gasteiger partial charge in [-0.1, -0.05) is 182 Å². The summed E-state index contributed by atoms with van der Waals surface area (Å²) >= 11 is 0. The number of nitrogens with zero attached hydrogens (tertiary/aromatic N) is 3. The first-order chi connectivity index (χ1) is 30.2. The molecule has 2 aliphatic carbocycles. The Balaban J connectivity index is 0.988. The van der Waals surface area contributed by atoms with Crippen molar-refractivity contribution < 1.29 is 0 Å². The molecule has 0 saturated heterocycles. The van der Waals surface area contributed by atoms with Crippen LogP contribution in [0.3, 0.4) is 0 Å². The molecule has 1 spiro atoms. The van der Waals surface area contributed by atoms with E-state index in [1.165, 1.54) is 77.2 Å². The Kier molecular flexibility index (Phi) is 7.22. The summed E-state index contributed by atoms with van der Waals surface area (Å²) in [5.74, 6) is 1.93. The Morgan fingerprint density at radius 1 is 0.230 bits per heavy atom. The summed E-state index contributed by atoms with van der Waals surface area (Å²) in [6.07, 6.45) is 0. The van der Waals surface area contributed by atoms with E-state index < -0.39 is 5.41 Å². The van der Waals surface area contributed by atoms with Gasteiger partial charge >= 0.3 is 0 Å². The van der Waals surface area contributed by atoms with Crippen molar-refractivity contribution >= 4 is 32.3 Å². The fraction of sp³-hybridized carbons (Fsp3) is 0.0172. The van der Waals surface area contributed by atoms with Crippen molar-refractivity contribution in [2.24, 2.45) is 0 Å². The minimum Gasteiger partial charge on any atom is -0.208 e. The van der Waals surface area contributed by atoms with E-state index in [1.54, 1.807) is 0 Å². The van der Waals surface area contributed by atoms with E-state index >= 15 is 0 Å². The highest BCUT2D eigenvalue weighted by Crippen LogP contribution is 2.63. The van der Waals surface area contributed by atoms with Crippen molar-refractivity contribution in [1.82, 2.24) is 15.0 Å². The molecule has 282 valence electrons. The Morgan fingerprint density at radius 3 is 1.02 bits per heavy atom. The van der Waals surface area contributed by atoms with Crippen LogP contribution in [-0.4, -0.2) is 15.0 Å². The minimum atomic E-state index is -0.462. The van der Waals surface area contributed by atoms with Gasteiger partial charge in [-0.15, -0.1) is 0 Å². The third kappa shape index (κ3) is 5.08. The second-order valence-electron chi connectivity index (χ2n) is 16.4. The molecule has 0 N–H and O–H groups in total. The molecule has 1 heterocycles. The number of rotatable bonds is 4. The molecule has 1 aromatic heterocycles. The molecular weight excluding hydrogens is 739 g/mol. The van der Waals surface area contributed by atoms with Gasteiger partial charge < -0.3 is 0 Å². The van der Waals surface area contributed by atoms with Gasteiger partial charge in [0.1, 0.15) is 0 Å². The van der Waals surface area contributed by atoms with Crippen LogP contribution in [0.1, 0.15) is 22.3 Å². The Labute approximate surface area is 353 Å². The molecule has 0 fully saturated rings. The lowest BCUT2D eigenvalue weighted by atomic mass is 9.70. The van der Waals surface area contributed by atoms with Crippen molar-refractivity contribution in [2.45, 2.75) is 5.41 Å². The minimum absolute atomic E-state index is 0.462. The monoisotopic (exact) mass is 773 g/mol. The van der Waals surface area contributed by atoms with Crippen molar-refractivity contribution in [3.05, 3.63) is 235 Å². The molecule has 2 aliphatic rings. The molecule has 0 radical (unpaired) electrons. The fourth-order valence-corrected chi connectivity index (χ4v) is 10.3. The smallest absolute Gasteiger partial charge is 0.164 e. The quantitative estimate of drug-likeness (QED) is 0.179. The maximum atomic E-state index is 5.32. The molecule has 0 aliphatic heterocycles. The van der Waals surface area contributed by atoms with Gasteiger partial charge in [0.2, 0.25) is 0 Å². The second-order valence-corrected chi connectivity index (χ2v) is 16.4. The average molecular weight is 774 g/mol. The maximum absolute atomic E-state index is 5.32. The van der Waals surface area contributed by atoms with Crippen LogP contribution < -0.4 is 0 Å². The van der Waals surface area contributed by atoms with Crippen molar-refractivity contribution in [2.75, 3.05) is 0 Å². The molecule has 61 heavy (non-hydrogen) atoms. The highest BCUT2D eigenvalue weighted by molar-refractivity contribution is 5.97. The molecule has 0 atom stereocenters. The van der Waals surface area contributed by atoms with Gasteiger partial charge in [0.25, 0.3) is 0 Å². The number of hydrogen-bond donors (Lipinski definition) is 0. The summed E-state index contributed by atoms with van der Waals surface area (Å²) < 4.78 is 0. The molecule has 10 aromatic carbocycles. The van der Waals surface area contributed by atoms with Crippen molar-refractivity contribution in [3.63, 3.8) is 0 Å². The zero-order valence-corrected chi connectivity index (χ0v) is 33.0. The van der Waals surface area contributed by atoms with Gasteiger partial charge in [-0.2, -0.15) is 0 Å². The fourth-order valence-electron chi connectivity index (χ4n) is 10.3. The zero-order chi connectivity index (χ0) is 40.1. The third-order valence-corrected chi connectivity index (χ3v) is 13.1. The van der Waals surface area contributed by atoms with Crippen LogP contribution >= 0.6 is 0 Å². The Hall–Kier alpha value is -8.01. The summed E-state index contributed by atoms with van der Waals surface area (Å²) in [5, 5.41) is 7.11. The summed E-state index contributed by atoms with van der Waals surface area (Å²) in [6.45, 7) is 0. The summed E-state index contributed by atoms with van der Waals surface area (Å²) in [7, 11) is 0. The molecular formula is C58H35N3. The van der Waals surface area contributed by atoms with E-state index in [0.717, 1.165) is 27.5 Å². The van der Waals surface area contributed by atoms with Crippen molar-refractivity contribution in [3.8, 4) is 67.5 Å².